The molecule has 0 saturated carbocycles. The van der Waals surface area contributed by atoms with Crippen molar-refractivity contribution in [3.05, 3.63) is 65.2 Å². The molecular formula is C17H16N2O3. The number of ether oxygens (including phenoxy) is 1. The van der Waals surface area contributed by atoms with Crippen molar-refractivity contribution in [1.82, 2.24) is 5.32 Å². The average molecular weight is 296 g/mol. The van der Waals surface area contributed by atoms with Gasteiger partial charge in [-0.2, -0.15) is 5.26 Å². The summed E-state index contributed by atoms with van der Waals surface area (Å²) in [4.78, 5) is 12.2. The van der Waals surface area contributed by atoms with Crippen LogP contribution in [0.4, 0.5) is 0 Å². The van der Waals surface area contributed by atoms with E-state index in [1.54, 1.807) is 36.4 Å². The number of nitrogens with zero attached hydrogens (tertiary/aromatic N) is 1. The second kappa shape index (κ2) is 7.25. The third kappa shape index (κ3) is 3.84. The smallest absolute Gasteiger partial charge is 0.254 e. The maximum absolute atomic E-state index is 12.2. The number of hydrogen-bond donors (Lipinski definition) is 2. The third-order valence-electron chi connectivity index (χ3n) is 3.20. The van der Waals surface area contributed by atoms with Gasteiger partial charge in [0.2, 0.25) is 0 Å². The molecule has 2 rings (SSSR count). The van der Waals surface area contributed by atoms with Crippen molar-refractivity contribution >= 4 is 5.91 Å². The van der Waals surface area contributed by atoms with E-state index in [1.165, 1.54) is 19.2 Å². The van der Waals surface area contributed by atoms with E-state index in [0.29, 0.717) is 17.7 Å². The van der Waals surface area contributed by atoms with E-state index < -0.39 is 6.10 Å². The second-order valence-electron chi connectivity index (χ2n) is 4.74. The molecular weight excluding hydrogens is 280 g/mol. The van der Waals surface area contributed by atoms with E-state index in [2.05, 4.69) is 5.32 Å². The molecule has 0 aliphatic carbocycles. The number of phenols is 1. The van der Waals surface area contributed by atoms with Crippen LogP contribution in [-0.4, -0.2) is 18.1 Å². The minimum Gasteiger partial charge on any atom is -0.508 e. The largest absolute Gasteiger partial charge is 0.508 e. The highest BCUT2D eigenvalue weighted by molar-refractivity contribution is 5.82. The van der Waals surface area contributed by atoms with Crippen molar-refractivity contribution in [2.75, 3.05) is 7.11 Å². The number of hydrogen-bond acceptors (Lipinski definition) is 4. The Hall–Kier alpha value is -2.84. The fourth-order valence-corrected chi connectivity index (χ4v) is 2.06. The van der Waals surface area contributed by atoms with Gasteiger partial charge in [-0.15, -0.1) is 0 Å². The zero-order valence-corrected chi connectivity index (χ0v) is 12.1. The molecule has 5 heteroatoms. The molecule has 22 heavy (non-hydrogen) atoms. The first-order valence-corrected chi connectivity index (χ1v) is 6.72. The van der Waals surface area contributed by atoms with E-state index in [-0.39, 0.29) is 11.7 Å². The number of carbonyl (C=O) groups excluding carboxylic acids is 1. The summed E-state index contributed by atoms with van der Waals surface area (Å²) in [5.74, 6) is -0.211. The molecule has 0 spiro atoms. The van der Waals surface area contributed by atoms with E-state index >= 15 is 0 Å². The van der Waals surface area contributed by atoms with Crippen LogP contribution in [0, 0.1) is 11.3 Å². The Kier molecular flexibility index (Phi) is 5.12. The van der Waals surface area contributed by atoms with Crippen LogP contribution >= 0.6 is 0 Å². The quantitative estimate of drug-likeness (QED) is 0.886. The summed E-state index contributed by atoms with van der Waals surface area (Å²) in [6, 6.07) is 15.4. The van der Waals surface area contributed by atoms with Gasteiger partial charge in [0.05, 0.1) is 11.6 Å². The van der Waals surface area contributed by atoms with Crippen molar-refractivity contribution in [2.24, 2.45) is 0 Å². The topological polar surface area (TPSA) is 82.3 Å². The van der Waals surface area contributed by atoms with Gasteiger partial charge in [-0.3, -0.25) is 4.79 Å². The van der Waals surface area contributed by atoms with E-state index in [4.69, 9.17) is 10.00 Å². The molecule has 0 saturated heterocycles. The number of phenolic OH excluding ortho intramolecular Hbond substituents is 1. The van der Waals surface area contributed by atoms with Gasteiger partial charge in [0, 0.05) is 13.7 Å². The first-order valence-electron chi connectivity index (χ1n) is 6.72. The molecule has 0 aliphatic heterocycles. The molecule has 5 nitrogen and oxygen atoms in total. The minimum atomic E-state index is -0.787. The highest BCUT2D eigenvalue weighted by Gasteiger charge is 2.20. The van der Waals surface area contributed by atoms with Crippen LogP contribution in [-0.2, 0) is 16.1 Å². The summed E-state index contributed by atoms with van der Waals surface area (Å²) in [5.41, 5.74) is 2.04. The van der Waals surface area contributed by atoms with Crippen molar-refractivity contribution < 1.29 is 14.6 Å². The lowest BCUT2D eigenvalue weighted by molar-refractivity contribution is -0.131. The van der Waals surface area contributed by atoms with Crippen LogP contribution in [0.5, 0.6) is 5.75 Å². The van der Waals surface area contributed by atoms with Gasteiger partial charge in [0.1, 0.15) is 5.75 Å². The Morgan fingerprint density at radius 1 is 1.32 bits per heavy atom. The van der Waals surface area contributed by atoms with Gasteiger partial charge in [0.15, 0.2) is 6.10 Å². The summed E-state index contributed by atoms with van der Waals surface area (Å²) in [7, 11) is 1.44. The lowest BCUT2D eigenvalue weighted by Crippen LogP contribution is -2.29. The Balaban J connectivity index is 2.02. The maximum Gasteiger partial charge on any atom is 0.254 e. The van der Waals surface area contributed by atoms with Gasteiger partial charge < -0.3 is 15.2 Å². The number of methoxy groups -OCH3 is 1. The van der Waals surface area contributed by atoms with Gasteiger partial charge in [-0.05, 0) is 35.4 Å². The number of aromatic hydroxyl groups is 1. The van der Waals surface area contributed by atoms with Crippen LogP contribution < -0.4 is 5.32 Å². The summed E-state index contributed by atoms with van der Waals surface area (Å²) >= 11 is 0. The Morgan fingerprint density at radius 3 is 2.64 bits per heavy atom. The normalized spacial score (nSPS) is 11.5. The van der Waals surface area contributed by atoms with Gasteiger partial charge in [0.25, 0.3) is 5.91 Å². The van der Waals surface area contributed by atoms with Crippen LogP contribution in [0.25, 0.3) is 0 Å². The number of amides is 1. The fraction of sp³-hybridized carbons (Fsp3) is 0.176. The van der Waals surface area contributed by atoms with E-state index in [1.807, 2.05) is 6.07 Å². The Labute approximate surface area is 128 Å². The highest BCUT2D eigenvalue weighted by atomic mass is 16.5. The van der Waals surface area contributed by atoms with E-state index in [0.717, 1.165) is 5.56 Å². The van der Waals surface area contributed by atoms with Gasteiger partial charge >= 0.3 is 0 Å². The molecule has 1 unspecified atom stereocenters. The van der Waals surface area contributed by atoms with Crippen molar-refractivity contribution in [1.29, 1.82) is 5.26 Å². The van der Waals surface area contributed by atoms with Crippen LogP contribution in [0.2, 0.25) is 0 Å². The summed E-state index contributed by atoms with van der Waals surface area (Å²) in [6.45, 7) is 0.337. The van der Waals surface area contributed by atoms with Crippen molar-refractivity contribution in [2.45, 2.75) is 12.6 Å². The lowest BCUT2D eigenvalue weighted by Gasteiger charge is -2.16. The molecule has 112 valence electrons. The monoisotopic (exact) mass is 296 g/mol. The lowest BCUT2D eigenvalue weighted by atomic mass is 10.1. The first kappa shape index (κ1) is 15.5. The van der Waals surface area contributed by atoms with Crippen molar-refractivity contribution in [3.8, 4) is 11.8 Å². The summed E-state index contributed by atoms with van der Waals surface area (Å²) in [6.07, 6.45) is -0.787. The Morgan fingerprint density at radius 2 is 2.05 bits per heavy atom. The molecule has 2 aromatic carbocycles. The molecule has 0 radical (unpaired) electrons. The third-order valence-corrected chi connectivity index (χ3v) is 3.20. The zero-order chi connectivity index (χ0) is 15.9. The number of nitriles is 1. The Bertz CT molecular complexity index is 690. The van der Waals surface area contributed by atoms with E-state index in [9.17, 15) is 9.90 Å². The molecule has 2 aromatic rings. The average Bonchev–Trinajstić information content (AvgIpc) is 2.54. The molecule has 0 heterocycles. The van der Waals surface area contributed by atoms with Crippen LogP contribution in [0.1, 0.15) is 22.8 Å². The minimum absolute atomic E-state index is 0.0828. The predicted octanol–water partition coefficient (Wildman–Crippen LogP) is 2.27. The van der Waals surface area contributed by atoms with Crippen LogP contribution in [0.3, 0.4) is 0 Å². The van der Waals surface area contributed by atoms with Crippen LogP contribution in [0.15, 0.2) is 48.5 Å². The van der Waals surface area contributed by atoms with Crippen molar-refractivity contribution in [3.63, 3.8) is 0 Å². The fourth-order valence-electron chi connectivity index (χ4n) is 2.06. The summed E-state index contributed by atoms with van der Waals surface area (Å²) < 4.78 is 5.21. The molecule has 0 bridgehead atoms. The van der Waals surface area contributed by atoms with Gasteiger partial charge in [-0.25, -0.2) is 0 Å². The molecule has 0 fully saturated rings. The molecule has 1 amide bonds. The standard InChI is InChI=1S/C17H16N2O3/c1-22-16(14-3-2-4-15(20)9-14)17(21)19-11-13-7-5-12(10-18)6-8-13/h2-9,16,20H,11H2,1H3,(H,19,21). The van der Waals surface area contributed by atoms with Gasteiger partial charge in [-0.1, -0.05) is 24.3 Å². The number of benzene rings is 2. The number of carbonyl (C=O) groups is 1. The molecule has 0 aromatic heterocycles. The molecule has 0 aliphatic rings. The molecule has 1 atom stereocenters. The molecule has 2 N–H and O–H groups in total. The number of nitrogens with one attached hydrogen (secondary N) is 1. The highest BCUT2D eigenvalue weighted by Crippen LogP contribution is 2.21. The first-order chi connectivity index (χ1) is 10.6. The zero-order valence-electron chi connectivity index (χ0n) is 12.1. The predicted molar refractivity (Wildman–Crippen MR) is 80.9 cm³/mol. The maximum atomic E-state index is 12.2. The summed E-state index contributed by atoms with van der Waals surface area (Å²) in [5, 5.41) is 21.0. The SMILES string of the molecule is COC(C(=O)NCc1ccc(C#N)cc1)c1cccc(O)c1. The number of rotatable bonds is 5. The second-order valence-corrected chi connectivity index (χ2v) is 4.74.